The average molecular weight is 360 g/mol. The summed E-state index contributed by atoms with van der Waals surface area (Å²) in [5.74, 6) is 1.51. The predicted octanol–water partition coefficient (Wildman–Crippen LogP) is 4.39. The number of alkyl halides is 2. The number of nitrogen functional groups attached to an aromatic ring is 1. The van der Waals surface area contributed by atoms with Crippen LogP contribution in [0.2, 0.25) is 0 Å². The molecule has 0 bridgehead atoms. The van der Waals surface area contributed by atoms with E-state index in [-0.39, 0.29) is 17.6 Å². The first-order valence-corrected chi connectivity index (χ1v) is 8.87. The Bertz CT molecular complexity index is 874. The molecule has 2 aromatic heterocycles. The van der Waals surface area contributed by atoms with E-state index in [2.05, 4.69) is 36.6 Å². The second kappa shape index (κ2) is 6.07. The monoisotopic (exact) mass is 360 g/mol. The summed E-state index contributed by atoms with van der Waals surface area (Å²) in [5.41, 5.74) is 9.61. The van der Waals surface area contributed by atoms with E-state index in [4.69, 9.17) is 10.8 Å². The van der Waals surface area contributed by atoms with Crippen molar-refractivity contribution in [3.63, 3.8) is 0 Å². The van der Waals surface area contributed by atoms with E-state index >= 15 is 0 Å². The topological polar surface area (TPSA) is 66.0 Å². The second-order valence-electron chi connectivity index (χ2n) is 7.44. The lowest BCUT2D eigenvalue weighted by atomic mass is 10.0. The zero-order chi connectivity index (χ0) is 18.6. The Morgan fingerprint density at radius 2 is 2.08 bits per heavy atom. The van der Waals surface area contributed by atoms with Crippen LogP contribution in [-0.4, -0.2) is 21.4 Å². The number of pyridine rings is 1. The molecule has 3 atom stereocenters. The number of aromatic nitrogens is 3. The van der Waals surface area contributed by atoms with Crippen LogP contribution in [0.5, 0.6) is 5.75 Å². The molecular formula is C19H22F2N4O. The zero-order valence-corrected chi connectivity index (χ0v) is 15.0. The third-order valence-electron chi connectivity index (χ3n) is 5.15. The molecule has 1 fully saturated rings. The van der Waals surface area contributed by atoms with Gasteiger partial charge in [0, 0.05) is 29.4 Å². The molecule has 138 valence electrons. The third-order valence-corrected chi connectivity index (χ3v) is 5.15. The number of nitrogens with zero attached hydrogens (tertiary/aromatic N) is 3. The molecule has 1 saturated carbocycles. The van der Waals surface area contributed by atoms with Crippen molar-refractivity contribution in [2.24, 2.45) is 11.8 Å². The molecule has 26 heavy (non-hydrogen) atoms. The number of nitrogens with two attached hydrogens (primary N) is 1. The van der Waals surface area contributed by atoms with Gasteiger partial charge in [0.05, 0.1) is 5.69 Å². The first kappa shape index (κ1) is 17.0. The molecule has 0 unspecified atom stereocenters. The van der Waals surface area contributed by atoms with Gasteiger partial charge in [0.2, 0.25) is 0 Å². The van der Waals surface area contributed by atoms with Gasteiger partial charge in [-0.3, -0.25) is 4.68 Å². The minimum Gasteiger partial charge on any atom is -0.431 e. The van der Waals surface area contributed by atoms with E-state index in [1.165, 1.54) is 23.8 Å². The summed E-state index contributed by atoms with van der Waals surface area (Å²) < 4.78 is 31.6. The van der Waals surface area contributed by atoms with Gasteiger partial charge >= 0.3 is 6.61 Å². The molecule has 0 amide bonds. The Kier molecular flexibility index (Phi) is 3.97. The molecule has 0 saturated heterocycles. The molecule has 7 heteroatoms. The molecule has 2 aliphatic rings. The molecule has 4 rings (SSSR count). The molecule has 0 spiro atoms. The number of halogens is 2. The summed E-state index contributed by atoms with van der Waals surface area (Å²) in [6.45, 7) is 3.47. The minimum atomic E-state index is -2.95. The highest BCUT2D eigenvalue weighted by Gasteiger charge is 2.50. The lowest BCUT2D eigenvalue weighted by molar-refractivity contribution is -0.0494. The number of fused-ring (bicyclic) bond motifs is 1. The number of hydrogen-bond donors (Lipinski definition) is 1. The zero-order valence-electron chi connectivity index (χ0n) is 15.0. The van der Waals surface area contributed by atoms with Crippen LogP contribution in [0.4, 0.5) is 14.6 Å². The smallest absolute Gasteiger partial charge is 0.387 e. The maximum atomic E-state index is 12.6. The number of anilines is 1. The molecule has 2 aliphatic carbocycles. The van der Waals surface area contributed by atoms with E-state index < -0.39 is 6.61 Å². The van der Waals surface area contributed by atoms with Crippen molar-refractivity contribution in [3.8, 4) is 17.0 Å². The van der Waals surface area contributed by atoms with E-state index in [9.17, 15) is 8.78 Å². The van der Waals surface area contributed by atoms with E-state index in [0.717, 1.165) is 0 Å². The fraction of sp³-hybridized carbons (Fsp3) is 0.474. The minimum absolute atomic E-state index is 0.0616. The molecule has 0 aliphatic heterocycles. The molecule has 0 aromatic carbocycles. The van der Waals surface area contributed by atoms with Crippen LogP contribution in [0.3, 0.4) is 0 Å². The van der Waals surface area contributed by atoms with E-state index in [1.54, 1.807) is 6.20 Å². The predicted molar refractivity (Wildman–Crippen MR) is 95.0 cm³/mol. The third kappa shape index (κ3) is 2.85. The van der Waals surface area contributed by atoms with Crippen LogP contribution in [0, 0.1) is 11.8 Å². The average Bonchev–Trinajstić information content (AvgIpc) is 2.94. The van der Waals surface area contributed by atoms with Crippen LogP contribution >= 0.6 is 0 Å². The summed E-state index contributed by atoms with van der Waals surface area (Å²) >= 11 is 0. The fourth-order valence-electron chi connectivity index (χ4n) is 3.99. The maximum Gasteiger partial charge on any atom is 0.387 e. The lowest BCUT2D eigenvalue weighted by Crippen LogP contribution is -2.08. The standard InChI is InChI=1S/C19H22F2N4O/c1-9(2)25-15(17-12-4-10(3)5-13(12)17)7-14(24-25)11-6-16(26-19(20)21)18(22)23-8-11/h4,6-10,13,17,19H,5H2,1-3H3,(H2,22,23)/t10-,13+,17+/m0/s1. The van der Waals surface area contributed by atoms with Crippen LogP contribution < -0.4 is 10.5 Å². The maximum absolute atomic E-state index is 12.6. The van der Waals surface area contributed by atoms with E-state index in [1.807, 2.05) is 10.7 Å². The van der Waals surface area contributed by atoms with Crippen molar-refractivity contribution in [1.29, 1.82) is 0 Å². The molecule has 2 heterocycles. The summed E-state index contributed by atoms with van der Waals surface area (Å²) in [6.07, 6.45) is 5.10. The number of allylic oxidation sites excluding steroid dienone is 2. The van der Waals surface area contributed by atoms with Crippen molar-refractivity contribution in [3.05, 3.63) is 35.7 Å². The van der Waals surface area contributed by atoms with Crippen molar-refractivity contribution in [2.45, 2.75) is 45.8 Å². The Labute approximate surface area is 150 Å². The Balaban J connectivity index is 1.70. The molecule has 2 aromatic rings. The Morgan fingerprint density at radius 1 is 1.31 bits per heavy atom. The Hall–Kier alpha value is -2.44. The van der Waals surface area contributed by atoms with Crippen LogP contribution in [0.15, 0.2) is 30.0 Å². The van der Waals surface area contributed by atoms with Gasteiger partial charge in [-0.2, -0.15) is 13.9 Å². The van der Waals surface area contributed by atoms with Crippen LogP contribution in [0.25, 0.3) is 11.3 Å². The number of hydrogen-bond acceptors (Lipinski definition) is 4. The quantitative estimate of drug-likeness (QED) is 0.803. The van der Waals surface area contributed by atoms with Crippen molar-refractivity contribution in [2.75, 3.05) is 5.73 Å². The molecular weight excluding hydrogens is 338 g/mol. The van der Waals surface area contributed by atoms with Gasteiger partial charge in [0.15, 0.2) is 11.6 Å². The largest absolute Gasteiger partial charge is 0.431 e. The Morgan fingerprint density at radius 3 is 2.69 bits per heavy atom. The van der Waals surface area contributed by atoms with Gasteiger partial charge in [0.25, 0.3) is 0 Å². The first-order chi connectivity index (χ1) is 12.3. The van der Waals surface area contributed by atoms with Crippen LogP contribution in [0.1, 0.15) is 44.8 Å². The highest BCUT2D eigenvalue weighted by molar-refractivity contribution is 5.65. The first-order valence-electron chi connectivity index (χ1n) is 8.87. The van der Waals surface area contributed by atoms with Gasteiger partial charge < -0.3 is 10.5 Å². The normalized spacial score (nSPS) is 24.1. The van der Waals surface area contributed by atoms with Gasteiger partial charge in [-0.25, -0.2) is 4.98 Å². The molecule has 0 radical (unpaired) electrons. The number of rotatable bonds is 5. The second-order valence-corrected chi connectivity index (χ2v) is 7.44. The van der Waals surface area contributed by atoms with Crippen molar-refractivity contribution < 1.29 is 13.5 Å². The van der Waals surface area contributed by atoms with Gasteiger partial charge in [-0.1, -0.05) is 18.6 Å². The summed E-state index contributed by atoms with van der Waals surface area (Å²) in [4.78, 5) is 3.98. The van der Waals surface area contributed by atoms with Gasteiger partial charge in [-0.05, 0) is 44.2 Å². The summed E-state index contributed by atoms with van der Waals surface area (Å²) in [7, 11) is 0. The lowest BCUT2D eigenvalue weighted by Gasteiger charge is -2.11. The highest BCUT2D eigenvalue weighted by atomic mass is 19.3. The SMILES string of the molecule is CC(C)n1nc(-c2cnc(N)c(OC(F)F)c2)cc1[C@@H]1C2=C[C@H](C)C[C@H]21. The van der Waals surface area contributed by atoms with Gasteiger partial charge in [0.1, 0.15) is 0 Å². The molecule has 5 nitrogen and oxygen atoms in total. The molecule has 2 N–H and O–H groups in total. The highest BCUT2D eigenvalue weighted by Crippen LogP contribution is 2.61. The van der Waals surface area contributed by atoms with Gasteiger partial charge in [-0.15, -0.1) is 0 Å². The summed E-state index contributed by atoms with van der Waals surface area (Å²) in [5, 5.41) is 4.70. The van der Waals surface area contributed by atoms with Crippen LogP contribution in [-0.2, 0) is 0 Å². The number of ether oxygens (including phenoxy) is 1. The van der Waals surface area contributed by atoms with Crippen molar-refractivity contribution >= 4 is 5.82 Å². The summed E-state index contributed by atoms with van der Waals surface area (Å²) in [6, 6.07) is 3.71. The van der Waals surface area contributed by atoms with Crippen molar-refractivity contribution in [1.82, 2.24) is 14.8 Å². The fourth-order valence-corrected chi connectivity index (χ4v) is 3.99. The van der Waals surface area contributed by atoms with E-state index in [0.29, 0.717) is 29.0 Å².